The van der Waals surface area contributed by atoms with Crippen molar-refractivity contribution in [3.8, 4) is 5.75 Å². The van der Waals surface area contributed by atoms with Gasteiger partial charge in [-0.3, -0.25) is 4.79 Å². The predicted molar refractivity (Wildman–Crippen MR) is 87.1 cm³/mol. The molecule has 5 heteroatoms. The topological polar surface area (TPSA) is 54.5 Å². The van der Waals surface area contributed by atoms with Gasteiger partial charge in [-0.1, -0.05) is 18.2 Å². The number of carbonyl (C=O) groups is 1. The SMILES string of the molecule is COc1ccccc1CC(=O)NCc1ccnc(N(C)C)c1. The molecule has 5 nitrogen and oxygen atoms in total. The van der Waals surface area contributed by atoms with Gasteiger partial charge < -0.3 is 15.0 Å². The van der Waals surface area contributed by atoms with E-state index in [1.807, 2.05) is 55.4 Å². The average Bonchev–Trinajstić information content (AvgIpc) is 2.53. The second-order valence-corrected chi connectivity index (χ2v) is 5.18. The number of methoxy groups -OCH3 is 1. The van der Waals surface area contributed by atoms with E-state index in [-0.39, 0.29) is 5.91 Å². The second-order valence-electron chi connectivity index (χ2n) is 5.18. The molecule has 0 spiro atoms. The van der Waals surface area contributed by atoms with E-state index in [1.54, 1.807) is 13.3 Å². The third-order valence-electron chi connectivity index (χ3n) is 3.30. The van der Waals surface area contributed by atoms with Crippen molar-refractivity contribution in [2.24, 2.45) is 0 Å². The quantitative estimate of drug-likeness (QED) is 0.886. The number of nitrogens with one attached hydrogen (secondary N) is 1. The number of anilines is 1. The summed E-state index contributed by atoms with van der Waals surface area (Å²) in [4.78, 5) is 18.3. The maximum Gasteiger partial charge on any atom is 0.224 e. The lowest BCUT2D eigenvalue weighted by Gasteiger charge is -2.13. The lowest BCUT2D eigenvalue weighted by molar-refractivity contribution is -0.120. The number of amides is 1. The van der Waals surface area contributed by atoms with E-state index in [4.69, 9.17) is 4.74 Å². The molecule has 1 N–H and O–H groups in total. The normalized spacial score (nSPS) is 10.1. The summed E-state index contributed by atoms with van der Waals surface area (Å²) < 4.78 is 5.26. The van der Waals surface area contributed by atoms with Crippen molar-refractivity contribution in [2.75, 3.05) is 26.1 Å². The zero-order chi connectivity index (χ0) is 15.9. The Morgan fingerprint density at radius 1 is 1.27 bits per heavy atom. The van der Waals surface area contributed by atoms with Crippen LogP contribution in [0.25, 0.3) is 0 Å². The first kappa shape index (κ1) is 15.8. The number of hydrogen-bond acceptors (Lipinski definition) is 4. The molecule has 2 aromatic rings. The number of carbonyl (C=O) groups excluding carboxylic acids is 1. The van der Waals surface area contributed by atoms with E-state index in [2.05, 4.69) is 10.3 Å². The maximum absolute atomic E-state index is 12.1. The molecule has 1 aromatic carbocycles. The number of benzene rings is 1. The first-order valence-corrected chi connectivity index (χ1v) is 7.11. The Hall–Kier alpha value is -2.56. The van der Waals surface area contributed by atoms with Crippen molar-refractivity contribution in [3.63, 3.8) is 0 Å². The highest BCUT2D eigenvalue weighted by atomic mass is 16.5. The van der Waals surface area contributed by atoms with Gasteiger partial charge in [0, 0.05) is 32.4 Å². The molecule has 0 saturated heterocycles. The predicted octanol–water partition coefficient (Wildman–Crippen LogP) is 2.02. The number of ether oxygens (including phenoxy) is 1. The highest BCUT2D eigenvalue weighted by molar-refractivity contribution is 5.79. The summed E-state index contributed by atoms with van der Waals surface area (Å²) in [5.41, 5.74) is 1.90. The van der Waals surface area contributed by atoms with E-state index in [1.165, 1.54) is 0 Å². The molecule has 22 heavy (non-hydrogen) atoms. The van der Waals surface area contributed by atoms with Crippen LogP contribution >= 0.6 is 0 Å². The number of aromatic nitrogens is 1. The fourth-order valence-electron chi connectivity index (χ4n) is 2.10. The third kappa shape index (κ3) is 4.22. The van der Waals surface area contributed by atoms with Crippen molar-refractivity contribution in [3.05, 3.63) is 53.7 Å². The number of para-hydroxylation sites is 1. The van der Waals surface area contributed by atoms with Crippen molar-refractivity contribution in [1.82, 2.24) is 10.3 Å². The van der Waals surface area contributed by atoms with E-state index < -0.39 is 0 Å². The van der Waals surface area contributed by atoms with Gasteiger partial charge in [-0.25, -0.2) is 4.98 Å². The molecule has 0 bridgehead atoms. The van der Waals surface area contributed by atoms with Crippen molar-refractivity contribution >= 4 is 11.7 Å². The molecule has 1 heterocycles. The van der Waals surface area contributed by atoms with Gasteiger partial charge >= 0.3 is 0 Å². The number of hydrogen-bond donors (Lipinski definition) is 1. The summed E-state index contributed by atoms with van der Waals surface area (Å²) >= 11 is 0. The van der Waals surface area contributed by atoms with Crippen LogP contribution in [0.4, 0.5) is 5.82 Å². The molecular formula is C17H21N3O2. The lowest BCUT2D eigenvalue weighted by Crippen LogP contribution is -2.25. The van der Waals surface area contributed by atoms with Crippen LogP contribution in [0.15, 0.2) is 42.6 Å². The van der Waals surface area contributed by atoms with Crippen LogP contribution in [0.3, 0.4) is 0 Å². The first-order chi connectivity index (χ1) is 10.6. The van der Waals surface area contributed by atoms with Crippen molar-refractivity contribution in [1.29, 1.82) is 0 Å². The van der Waals surface area contributed by atoms with Crippen LogP contribution in [-0.4, -0.2) is 32.1 Å². The smallest absolute Gasteiger partial charge is 0.224 e. The fraction of sp³-hybridized carbons (Fsp3) is 0.294. The monoisotopic (exact) mass is 299 g/mol. The highest BCUT2D eigenvalue weighted by Gasteiger charge is 2.08. The number of rotatable bonds is 6. The molecule has 0 aliphatic carbocycles. The van der Waals surface area contributed by atoms with Crippen LogP contribution in [0.5, 0.6) is 5.75 Å². The molecular weight excluding hydrogens is 278 g/mol. The van der Waals surface area contributed by atoms with Gasteiger partial charge in [0.05, 0.1) is 13.5 Å². The van der Waals surface area contributed by atoms with Crippen LogP contribution in [0.1, 0.15) is 11.1 Å². The van der Waals surface area contributed by atoms with Gasteiger partial charge in [-0.05, 0) is 23.8 Å². The first-order valence-electron chi connectivity index (χ1n) is 7.11. The van der Waals surface area contributed by atoms with Gasteiger partial charge in [0.2, 0.25) is 5.91 Å². The molecule has 1 amide bonds. The summed E-state index contributed by atoms with van der Waals surface area (Å²) in [5.74, 6) is 1.57. The Morgan fingerprint density at radius 3 is 2.77 bits per heavy atom. The van der Waals surface area contributed by atoms with E-state index in [9.17, 15) is 4.79 Å². The van der Waals surface area contributed by atoms with E-state index >= 15 is 0 Å². The standard InChI is InChI=1S/C17H21N3O2/c1-20(2)16-10-13(8-9-18-16)12-19-17(21)11-14-6-4-5-7-15(14)22-3/h4-10H,11-12H2,1-3H3,(H,19,21). The molecule has 0 saturated carbocycles. The molecule has 0 unspecified atom stereocenters. The minimum Gasteiger partial charge on any atom is -0.496 e. The van der Waals surface area contributed by atoms with Gasteiger partial charge in [0.1, 0.15) is 11.6 Å². The van der Waals surface area contributed by atoms with Crippen LogP contribution in [-0.2, 0) is 17.8 Å². The zero-order valence-electron chi connectivity index (χ0n) is 13.2. The summed E-state index contributed by atoms with van der Waals surface area (Å²) in [7, 11) is 5.48. The Balaban J connectivity index is 1.94. The van der Waals surface area contributed by atoms with Gasteiger partial charge in [-0.2, -0.15) is 0 Å². The van der Waals surface area contributed by atoms with Crippen molar-refractivity contribution in [2.45, 2.75) is 13.0 Å². The molecule has 0 fully saturated rings. The lowest BCUT2D eigenvalue weighted by atomic mass is 10.1. The molecule has 0 radical (unpaired) electrons. The Bertz CT molecular complexity index is 641. The molecule has 0 aliphatic heterocycles. The summed E-state index contributed by atoms with van der Waals surface area (Å²) in [6, 6.07) is 11.4. The fourth-order valence-corrected chi connectivity index (χ4v) is 2.10. The number of pyridine rings is 1. The van der Waals surface area contributed by atoms with Crippen LogP contribution in [0, 0.1) is 0 Å². The molecule has 0 aliphatic rings. The Labute approximate surface area is 130 Å². The van der Waals surface area contributed by atoms with E-state index in [0.717, 1.165) is 22.7 Å². The van der Waals surface area contributed by atoms with E-state index in [0.29, 0.717) is 13.0 Å². The zero-order valence-corrected chi connectivity index (χ0v) is 13.2. The highest BCUT2D eigenvalue weighted by Crippen LogP contribution is 2.17. The molecule has 2 rings (SSSR count). The summed E-state index contributed by atoms with van der Waals surface area (Å²) in [6.07, 6.45) is 2.05. The largest absolute Gasteiger partial charge is 0.496 e. The summed E-state index contributed by atoms with van der Waals surface area (Å²) in [6.45, 7) is 0.483. The molecule has 0 atom stereocenters. The third-order valence-corrected chi connectivity index (χ3v) is 3.30. The van der Waals surface area contributed by atoms with Gasteiger partial charge in [-0.15, -0.1) is 0 Å². The Morgan fingerprint density at radius 2 is 2.05 bits per heavy atom. The van der Waals surface area contributed by atoms with Crippen molar-refractivity contribution < 1.29 is 9.53 Å². The maximum atomic E-state index is 12.1. The van der Waals surface area contributed by atoms with Gasteiger partial charge in [0.15, 0.2) is 0 Å². The molecule has 116 valence electrons. The summed E-state index contributed by atoms with van der Waals surface area (Å²) in [5, 5.41) is 2.92. The van der Waals surface area contributed by atoms with Crippen LogP contribution < -0.4 is 15.0 Å². The van der Waals surface area contributed by atoms with Crippen LogP contribution in [0.2, 0.25) is 0 Å². The minimum absolute atomic E-state index is 0.0345. The second kappa shape index (κ2) is 7.45. The van der Waals surface area contributed by atoms with Gasteiger partial charge in [0.25, 0.3) is 0 Å². The number of nitrogens with zero attached hydrogens (tertiary/aromatic N) is 2. The average molecular weight is 299 g/mol. The minimum atomic E-state index is -0.0345. The molecule has 1 aromatic heterocycles. The Kier molecular flexibility index (Phi) is 5.36.